The highest BCUT2D eigenvalue weighted by Crippen LogP contribution is 2.18. The van der Waals surface area contributed by atoms with E-state index >= 15 is 0 Å². The number of aryl methyl sites for hydroxylation is 1. The Morgan fingerprint density at radius 3 is 2.41 bits per heavy atom. The van der Waals surface area contributed by atoms with Crippen LogP contribution in [0.25, 0.3) is 11.4 Å². The van der Waals surface area contributed by atoms with Gasteiger partial charge in [0.15, 0.2) is 0 Å². The van der Waals surface area contributed by atoms with E-state index in [-0.39, 0.29) is 5.69 Å². The molecule has 3 rings (SSSR count). The minimum atomic E-state index is -0.425. The Morgan fingerprint density at radius 2 is 1.77 bits per heavy atom. The van der Waals surface area contributed by atoms with Gasteiger partial charge >= 0.3 is 0 Å². The number of nitro groups is 1. The lowest BCUT2D eigenvalue weighted by molar-refractivity contribution is -0.384. The van der Waals surface area contributed by atoms with Crippen molar-refractivity contribution in [1.82, 2.24) is 10.1 Å². The fourth-order valence-electron chi connectivity index (χ4n) is 2.06. The highest BCUT2D eigenvalue weighted by atomic mass is 16.6. The number of rotatable bonds is 4. The summed E-state index contributed by atoms with van der Waals surface area (Å²) < 4.78 is 5.24. The van der Waals surface area contributed by atoms with Crippen molar-refractivity contribution in [2.24, 2.45) is 0 Å². The molecule has 0 aliphatic rings. The molecule has 0 N–H and O–H groups in total. The normalized spacial score (nSPS) is 10.6. The number of non-ortho nitro benzene ring substituents is 1. The van der Waals surface area contributed by atoms with Crippen LogP contribution in [-0.2, 0) is 6.42 Å². The van der Waals surface area contributed by atoms with Gasteiger partial charge in [0.05, 0.1) is 11.3 Å². The molecule has 6 nitrogen and oxygen atoms in total. The maximum Gasteiger partial charge on any atom is 0.269 e. The Morgan fingerprint density at radius 1 is 1.09 bits per heavy atom. The lowest BCUT2D eigenvalue weighted by atomic mass is 10.1. The van der Waals surface area contributed by atoms with Gasteiger partial charge in [0, 0.05) is 17.7 Å². The SMILES string of the molecule is Cc1ccc(-c2noc(Cc3ccc([N+](=O)[O-])cc3)n2)cc1. The smallest absolute Gasteiger partial charge is 0.269 e. The van der Waals surface area contributed by atoms with Gasteiger partial charge in [-0.05, 0) is 12.5 Å². The number of hydrogen-bond acceptors (Lipinski definition) is 5. The van der Waals surface area contributed by atoms with Crippen LogP contribution in [0.5, 0.6) is 0 Å². The molecule has 0 aliphatic carbocycles. The zero-order valence-corrected chi connectivity index (χ0v) is 11.9. The molecule has 0 radical (unpaired) electrons. The molecule has 0 bridgehead atoms. The first-order valence-electron chi connectivity index (χ1n) is 6.75. The molecule has 110 valence electrons. The van der Waals surface area contributed by atoms with Crippen LogP contribution in [-0.4, -0.2) is 15.1 Å². The minimum absolute atomic E-state index is 0.0645. The van der Waals surface area contributed by atoms with E-state index in [0.717, 1.165) is 11.1 Å². The predicted octanol–water partition coefficient (Wildman–Crippen LogP) is 3.54. The van der Waals surface area contributed by atoms with Crippen LogP contribution in [0.2, 0.25) is 0 Å². The largest absolute Gasteiger partial charge is 0.339 e. The molecule has 0 atom stereocenters. The lowest BCUT2D eigenvalue weighted by Gasteiger charge is -1.96. The van der Waals surface area contributed by atoms with E-state index in [2.05, 4.69) is 10.1 Å². The van der Waals surface area contributed by atoms with Crippen LogP contribution in [0.4, 0.5) is 5.69 Å². The molecular formula is C16H13N3O3. The number of nitro benzene ring substituents is 1. The van der Waals surface area contributed by atoms with Gasteiger partial charge in [-0.2, -0.15) is 4.98 Å². The highest BCUT2D eigenvalue weighted by Gasteiger charge is 2.10. The monoisotopic (exact) mass is 295 g/mol. The first-order valence-corrected chi connectivity index (χ1v) is 6.75. The Bertz CT molecular complexity index is 792. The molecule has 1 heterocycles. The van der Waals surface area contributed by atoms with Crippen LogP contribution in [0.3, 0.4) is 0 Å². The number of aromatic nitrogens is 2. The summed E-state index contributed by atoms with van der Waals surface area (Å²) in [5.74, 6) is 1.02. The van der Waals surface area contributed by atoms with Crippen molar-refractivity contribution in [3.8, 4) is 11.4 Å². The summed E-state index contributed by atoms with van der Waals surface area (Å²) in [4.78, 5) is 14.5. The average molecular weight is 295 g/mol. The van der Waals surface area contributed by atoms with Crippen molar-refractivity contribution in [3.05, 3.63) is 75.7 Å². The third-order valence-corrected chi connectivity index (χ3v) is 3.28. The first kappa shape index (κ1) is 13.9. The second-order valence-electron chi connectivity index (χ2n) is 4.98. The molecule has 0 saturated heterocycles. The zero-order chi connectivity index (χ0) is 15.5. The van der Waals surface area contributed by atoms with E-state index < -0.39 is 4.92 Å². The fraction of sp³-hybridized carbons (Fsp3) is 0.125. The quantitative estimate of drug-likeness (QED) is 0.543. The van der Waals surface area contributed by atoms with E-state index in [1.165, 1.54) is 17.7 Å². The summed E-state index contributed by atoms with van der Waals surface area (Å²) in [5.41, 5.74) is 3.00. The number of nitrogens with zero attached hydrogens (tertiary/aromatic N) is 3. The van der Waals surface area contributed by atoms with Crippen molar-refractivity contribution in [3.63, 3.8) is 0 Å². The molecule has 0 fully saturated rings. The molecule has 0 spiro atoms. The summed E-state index contributed by atoms with van der Waals surface area (Å²) in [7, 11) is 0. The average Bonchev–Trinajstić information content (AvgIpc) is 2.97. The Hall–Kier alpha value is -3.02. The van der Waals surface area contributed by atoms with Crippen molar-refractivity contribution < 1.29 is 9.45 Å². The molecule has 0 aliphatic heterocycles. The third-order valence-electron chi connectivity index (χ3n) is 3.28. The van der Waals surface area contributed by atoms with Crippen molar-refractivity contribution in [1.29, 1.82) is 0 Å². The third kappa shape index (κ3) is 3.01. The van der Waals surface area contributed by atoms with Gasteiger partial charge in [-0.15, -0.1) is 0 Å². The first-order chi connectivity index (χ1) is 10.6. The topological polar surface area (TPSA) is 82.1 Å². The van der Waals surface area contributed by atoms with Crippen molar-refractivity contribution in [2.75, 3.05) is 0 Å². The van der Waals surface area contributed by atoms with Crippen LogP contribution < -0.4 is 0 Å². The number of hydrogen-bond donors (Lipinski definition) is 0. The van der Waals surface area contributed by atoms with Gasteiger partial charge in [0.25, 0.3) is 5.69 Å². The molecular weight excluding hydrogens is 282 g/mol. The fourth-order valence-corrected chi connectivity index (χ4v) is 2.06. The summed E-state index contributed by atoms with van der Waals surface area (Å²) in [5, 5.41) is 14.6. The molecule has 1 aromatic heterocycles. The van der Waals surface area contributed by atoms with E-state index in [0.29, 0.717) is 18.1 Å². The van der Waals surface area contributed by atoms with Crippen LogP contribution in [0, 0.1) is 17.0 Å². The molecule has 3 aromatic rings. The second-order valence-corrected chi connectivity index (χ2v) is 4.98. The molecule has 0 saturated carbocycles. The van der Waals surface area contributed by atoms with E-state index in [1.807, 2.05) is 31.2 Å². The molecule has 6 heteroatoms. The van der Waals surface area contributed by atoms with Gasteiger partial charge in [0.2, 0.25) is 11.7 Å². The Kier molecular flexibility index (Phi) is 3.65. The summed E-state index contributed by atoms with van der Waals surface area (Å²) in [6, 6.07) is 14.2. The van der Waals surface area contributed by atoms with Gasteiger partial charge in [-0.3, -0.25) is 10.1 Å². The summed E-state index contributed by atoms with van der Waals surface area (Å²) >= 11 is 0. The van der Waals surface area contributed by atoms with E-state index in [9.17, 15) is 10.1 Å². The standard InChI is InChI=1S/C16H13N3O3/c1-11-2-6-13(7-3-11)16-17-15(22-18-16)10-12-4-8-14(9-5-12)19(20)21/h2-9H,10H2,1H3. The van der Waals surface area contributed by atoms with Gasteiger partial charge in [0.1, 0.15) is 0 Å². The van der Waals surface area contributed by atoms with Gasteiger partial charge in [-0.1, -0.05) is 47.1 Å². The highest BCUT2D eigenvalue weighted by molar-refractivity contribution is 5.54. The van der Waals surface area contributed by atoms with Gasteiger partial charge < -0.3 is 4.52 Å². The zero-order valence-electron chi connectivity index (χ0n) is 11.9. The lowest BCUT2D eigenvalue weighted by Crippen LogP contribution is -1.91. The predicted molar refractivity (Wildman–Crippen MR) is 80.4 cm³/mol. The Balaban J connectivity index is 1.76. The van der Waals surface area contributed by atoms with Crippen LogP contribution >= 0.6 is 0 Å². The number of benzene rings is 2. The maximum atomic E-state index is 10.6. The maximum absolute atomic E-state index is 10.6. The Labute approximate surface area is 126 Å². The van der Waals surface area contributed by atoms with E-state index in [4.69, 9.17) is 4.52 Å². The van der Waals surface area contributed by atoms with Crippen LogP contribution in [0.15, 0.2) is 53.1 Å². The summed E-state index contributed by atoms with van der Waals surface area (Å²) in [6.45, 7) is 2.01. The molecule has 22 heavy (non-hydrogen) atoms. The molecule has 0 unspecified atom stereocenters. The van der Waals surface area contributed by atoms with E-state index in [1.54, 1.807) is 12.1 Å². The second kappa shape index (κ2) is 5.77. The minimum Gasteiger partial charge on any atom is -0.339 e. The molecule has 2 aromatic carbocycles. The van der Waals surface area contributed by atoms with Crippen molar-refractivity contribution in [2.45, 2.75) is 13.3 Å². The molecule has 0 amide bonds. The van der Waals surface area contributed by atoms with Gasteiger partial charge in [-0.25, -0.2) is 0 Å². The summed E-state index contributed by atoms with van der Waals surface area (Å²) in [6.07, 6.45) is 0.441. The van der Waals surface area contributed by atoms with Crippen molar-refractivity contribution >= 4 is 5.69 Å². The van der Waals surface area contributed by atoms with Crippen LogP contribution in [0.1, 0.15) is 17.0 Å².